The summed E-state index contributed by atoms with van der Waals surface area (Å²) < 4.78 is 2.19. The number of nitrogens with zero attached hydrogens (tertiary/aromatic N) is 1. The van der Waals surface area contributed by atoms with Crippen molar-refractivity contribution in [2.75, 3.05) is 0 Å². The number of hydrogen-bond acceptors (Lipinski definition) is 0. The fraction of sp³-hybridized carbons (Fsp3) is 0.421. The molecule has 3 rings (SSSR count). The van der Waals surface area contributed by atoms with Crippen LogP contribution in [-0.4, -0.2) is 0 Å². The van der Waals surface area contributed by atoms with Crippen LogP contribution < -0.4 is 4.57 Å². The highest BCUT2D eigenvalue weighted by atomic mass is 14.9. The number of hydrogen-bond donors (Lipinski definition) is 0. The van der Waals surface area contributed by atoms with Gasteiger partial charge in [-0.3, -0.25) is 0 Å². The Balaban J connectivity index is 1.62. The van der Waals surface area contributed by atoms with Gasteiger partial charge >= 0.3 is 0 Å². The van der Waals surface area contributed by atoms with Gasteiger partial charge in [0.15, 0.2) is 12.4 Å². The molecule has 20 heavy (non-hydrogen) atoms. The average Bonchev–Trinajstić information content (AvgIpc) is 2.48. The lowest BCUT2D eigenvalue weighted by atomic mass is 9.81. The summed E-state index contributed by atoms with van der Waals surface area (Å²) in [6.07, 6.45) is 12.4. The fourth-order valence-electron chi connectivity index (χ4n) is 3.47. The first kappa shape index (κ1) is 13.4. The van der Waals surface area contributed by atoms with Gasteiger partial charge in [0, 0.05) is 11.6 Å². The third kappa shape index (κ3) is 3.09. The Kier molecular flexibility index (Phi) is 4.15. The Morgan fingerprint density at radius 3 is 2.85 bits per heavy atom. The molecule has 1 aliphatic carbocycles. The molecule has 1 nitrogen and oxygen atoms in total. The van der Waals surface area contributed by atoms with Gasteiger partial charge < -0.3 is 0 Å². The van der Waals surface area contributed by atoms with E-state index in [-0.39, 0.29) is 0 Å². The van der Waals surface area contributed by atoms with Gasteiger partial charge in [-0.05, 0) is 55.6 Å². The molecule has 0 saturated heterocycles. The average molecular weight is 266 g/mol. The molecule has 0 spiro atoms. The van der Waals surface area contributed by atoms with E-state index < -0.39 is 0 Å². The van der Waals surface area contributed by atoms with Gasteiger partial charge in [-0.1, -0.05) is 30.3 Å². The molecule has 2 aromatic rings. The molecule has 1 unspecified atom stereocenters. The van der Waals surface area contributed by atoms with Crippen LogP contribution >= 0.6 is 0 Å². The Bertz CT molecular complexity index is 559. The molecule has 0 saturated carbocycles. The van der Waals surface area contributed by atoms with Crippen molar-refractivity contribution in [3.05, 3.63) is 65.5 Å². The van der Waals surface area contributed by atoms with E-state index >= 15 is 0 Å². The highest BCUT2D eigenvalue weighted by Gasteiger charge is 2.21. The highest BCUT2D eigenvalue weighted by Crippen LogP contribution is 2.34. The van der Waals surface area contributed by atoms with Crippen LogP contribution in [0.5, 0.6) is 0 Å². The van der Waals surface area contributed by atoms with Gasteiger partial charge in [-0.25, -0.2) is 4.57 Å². The summed E-state index contributed by atoms with van der Waals surface area (Å²) in [5.74, 6) is 0.781. The number of aryl methyl sites for hydroxylation is 3. The monoisotopic (exact) mass is 266 g/mol. The van der Waals surface area contributed by atoms with E-state index in [2.05, 4.69) is 60.4 Å². The van der Waals surface area contributed by atoms with E-state index in [1.165, 1.54) is 44.1 Å². The second-order valence-electron chi connectivity index (χ2n) is 6.06. The summed E-state index contributed by atoms with van der Waals surface area (Å²) in [5.41, 5.74) is 4.66. The van der Waals surface area contributed by atoms with Crippen LogP contribution in [0, 0.1) is 0 Å². The molecule has 1 heterocycles. The maximum absolute atomic E-state index is 2.35. The van der Waals surface area contributed by atoms with Crippen LogP contribution in [0.4, 0.5) is 0 Å². The minimum absolute atomic E-state index is 0.781. The summed E-state index contributed by atoms with van der Waals surface area (Å²) in [6.45, 7) is 0. The zero-order chi connectivity index (χ0) is 13.8. The largest absolute Gasteiger partial charge is 0.208 e. The molecule has 1 aliphatic rings. The van der Waals surface area contributed by atoms with Crippen LogP contribution in [-0.2, 0) is 19.9 Å². The zero-order valence-corrected chi connectivity index (χ0v) is 12.4. The van der Waals surface area contributed by atoms with Gasteiger partial charge in [-0.15, -0.1) is 0 Å². The fourth-order valence-corrected chi connectivity index (χ4v) is 3.47. The third-order valence-corrected chi connectivity index (χ3v) is 4.52. The number of rotatable bonds is 4. The standard InChI is InChI=1S/C19H24N/c1-20-14-13-19-17(11-6-12-18(19)15-20)10-5-9-16-7-3-2-4-8-16/h2-4,7-8,13-15,17H,5-6,9-12H2,1H3/q+1. The number of aromatic nitrogens is 1. The summed E-state index contributed by atoms with van der Waals surface area (Å²) in [4.78, 5) is 0. The Hall–Kier alpha value is -1.63. The molecular weight excluding hydrogens is 242 g/mol. The molecular formula is C19H24N+. The van der Waals surface area contributed by atoms with Gasteiger partial charge in [-0.2, -0.15) is 0 Å². The van der Waals surface area contributed by atoms with E-state index in [0.29, 0.717) is 0 Å². The first-order chi connectivity index (χ1) is 9.83. The minimum Gasteiger partial charge on any atom is -0.208 e. The quantitative estimate of drug-likeness (QED) is 0.738. The van der Waals surface area contributed by atoms with Crippen molar-refractivity contribution in [1.29, 1.82) is 0 Å². The molecule has 0 aliphatic heterocycles. The predicted molar refractivity (Wildman–Crippen MR) is 82.7 cm³/mol. The van der Waals surface area contributed by atoms with Crippen LogP contribution in [0.3, 0.4) is 0 Å². The van der Waals surface area contributed by atoms with Gasteiger partial charge in [0.2, 0.25) is 0 Å². The SMILES string of the molecule is C[n+]1ccc2c(c1)CCCC2CCCc1ccccc1. The molecule has 0 N–H and O–H groups in total. The number of pyridine rings is 1. The molecule has 1 aromatic carbocycles. The highest BCUT2D eigenvalue weighted by molar-refractivity contribution is 5.28. The van der Waals surface area contributed by atoms with E-state index in [1.807, 2.05) is 0 Å². The van der Waals surface area contributed by atoms with E-state index in [0.717, 1.165) is 5.92 Å². The van der Waals surface area contributed by atoms with Gasteiger partial charge in [0.05, 0.1) is 0 Å². The topological polar surface area (TPSA) is 3.88 Å². The zero-order valence-electron chi connectivity index (χ0n) is 12.4. The van der Waals surface area contributed by atoms with Crippen molar-refractivity contribution in [1.82, 2.24) is 0 Å². The predicted octanol–water partition coefficient (Wildman–Crippen LogP) is 3.95. The van der Waals surface area contributed by atoms with Crippen LogP contribution in [0.2, 0.25) is 0 Å². The van der Waals surface area contributed by atoms with Crippen molar-refractivity contribution in [2.24, 2.45) is 7.05 Å². The molecule has 0 bridgehead atoms. The summed E-state index contributed by atoms with van der Waals surface area (Å²) in [6, 6.07) is 13.2. The lowest BCUT2D eigenvalue weighted by molar-refractivity contribution is -0.672. The van der Waals surface area contributed by atoms with Crippen LogP contribution in [0.15, 0.2) is 48.8 Å². The third-order valence-electron chi connectivity index (χ3n) is 4.52. The smallest absolute Gasteiger partial charge is 0.171 e. The molecule has 0 amide bonds. The maximum atomic E-state index is 2.35. The number of fused-ring (bicyclic) bond motifs is 1. The molecule has 0 fully saturated rings. The van der Waals surface area contributed by atoms with E-state index in [9.17, 15) is 0 Å². The Morgan fingerprint density at radius 1 is 1.15 bits per heavy atom. The van der Waals surface area contributed by atoms with Crippen molar-refractivity contribution >= 4 is 0 Å². The molecule has 1 atom stereocenters. The molecule has 1 aromatic heterocycles. The second kappa shape index (κ2) is 6.21. The minimum atomic E-state index is 0.781. The van der Waals surface area contributed by atoms with Crippen molar-refractivity contribution < 1.29 is 4.57 Å². The second-order valence-corrected chi connectivity index (χ2v) is 6.06. The molecule has 0 radical (unpaired) electrons. The maximum Gasteiger partial charge on any atom is 0.171 e. The Morgan fingerprint density at radius 2 is 2.00 bits per heavy atom. The van der Waals surface area contributed by atoms with E-state index in [1.54, 1.807) is 11.1 Å². The van der Waals surface area contributed by atoms with Gasteiger partial charge in [0.25, 0.3) is 0 Å². The first-order valence-electron chi connectivity index (χ1n) is 7.85. The van der Waals surface area contributed by atoms with Gasteiger partial charge in [0.1, 0.15) is 7.05 Å². The summed E-state index contributed by atoms with van der Waals surface area (Å²) >= 11 is 0. The molecule has 1 heteroatoms. The van der Waals surface area contributed by atoms with Crippen molar-refractivity contribution in [3.8, 4) is 0 Å². The van der Waals surface area contributed by atoms with Crippen LogP contribution in [0.1, 0.15) is 48.3 Å². The molecule has 104 valence electrons. The van der Waals surface area contributed by atoms with Crippen molar-refractivity contribution in [3.63, 3.8) is 0 Å². The Labute approximate surface area is 122 Å². The number of benzene rings is 1. The van der Waals surface area contributed by atoms with Crippen molar-refractivity contribution in [2.45, 2.75) is 44.4 Å². The first-order valence-corrected chi connectivity index (χ1v) is 7.85. The summed E-state index contributed by atoms with van der Waals surface area (Å²) in [5, 5.41) is 0. The van der Waals surface area contributed by atoms with E-state index in [4.69, 9.17) is 0 Å². The lowest BCUT2D eigenvalue weighted by Crippen LogP contribution is -2.29. The summed E-state index contributed by atoms with van der Waals surface area (Å²) in [7, 11) is 2.12. The lowest BCUT2D eigenvalue weighted by Gasteiger charge is -2.24. The normalized spacial score (nSPS) is 17.8. The van der Waals surface area contributed by atoms with Crippen LogP contribution in [0.25, 0.3) is 0 Å².